The van der Waals surface area contributed by atoms with E-state index in [1.807, 2.05) is 31.1 Å². The quantitative estimate of drug-likeness (QED) is 0.670. The van der Waals surface area contributed by atoms with Crippen LogP contribution in [-0.4, -0.2) is 30.3 Å². The number of furan rings is 1. The topological polar surface area (TPSA) is 81.6 Å². The number of ether oxygens (including phenoxy) is 1. The molecule has 23 heavy (non-hydrogen) atoms. The van der Waals surface area contributed by atoms with Crippen LogP contribution in [0.25, 0.3) is 11.7 Å². The average Bonchev–Trinajstić information content (AvgIpc) is 3.23. The van der Waals surface area contributed by atoms with E-state index in [1.165, 1.54) is 6.26 Å². The number of aromatic nitrogens is 2. The zero-order valence-corrected chi connectivity index (χ0v) is 12.7. The number of benzene rings is 1. The summed E-state index contributed by atoms with van der Waals surface area (Å²) in [5.74, 6) is 0.466. The maximum atomic E-state index is 12.0. The third-order valence-corrected chi connectivity index (χ3v) is 3.14. The molecule has 0 radical (unpaired) electrons. The van der Waals surface area contributed by atoms with Crippen LogP contribution < -0.4 is 4.90 Å². The van der Waals surface area contributed by atoms with Crippen molar-refractivity contribution in [2.24, 2.45) is 0 Å². The molecule has 7 heteroatoms. The van der Waals surface area contributed by atoms with E-state index in [4.69, 9.17) is 13.6 Å². The second-order valence-electron chi connectivity index (χ2n) is 5.00. The second-order valence-corrected chi connectivity index (χ2v) is 5.00. The monoisotopic (exact) mass is 313 g/mol. The third-order valence-electron chi connectivity index (χ3n) is 3.14. The SMILES string of the molecule is CN(C)c1ccc(C(=O)OCc2nnc(-c3ccco3)o2)cc1. The van der Waals surface area contributed by atoms with E-state index in [0.29, 0.717) is 11.3 Å². The van der Waals surface area contributed by atoms with Gasteiger partial charge in [0, 0.05) is 19.8 Å². The lowest BCUT2D eigenvalue weighted by atomic mass is 10.2. The standard InChI is InChI=1S/C16H15N3O4/c1-19(2)12-7-5-11(6-8-12)16(20)22-10-14-17-18-15(23-14)13-4-3-9-21-13/h3-9H,10H2,1-2H3. The molecule has 3 aromatic rings. The van der Waals surface area contributed by atoms with Crippen LogP contribution in [-0.2, 0) is 11.3 Å². The van der Waals surface area contributed by atoms with Crippen molar-refractivity contribution in [1.29, 1.82) is 0 Å². The molecule has 2 aromatic heterocycles. The summed E-state index contributed by atoms with van der Waals surface area (Å²) >= 11 is 0. The van der Waals surface area contributed by atoms with Gasteiger partial charge in [-0.15, -0.1) is 10.2 Å². The van der Waals surface area contributed by atoms with Gasteiger partial charge >= 0.3 is 5.97 Å². The fourth-order valence-corrected chi connectivity index (χ4v) is 1.92. The lowest BCUT2D eigenvalue weighted by Gasteiger charge is -2.12. The van der Waals surface area contributed by atoms with Gasteiger partial charge in [-0.1, -0.05) is 0 Å². The van der Waals surface area contributed by atoms with E-state index in [9.17, 15) is 4.79 Å². The summed E-state index contributed by atoms with van der Waals surface area (Å²) in [5, 5.41) is 7.65. The number of esters is 1. The molecule has 3 rings (SSSR count). The first-order valence-electron chi connectivity index (χ1n) is 6.94. The summed E-state index contributed by atoms with van der Waals surface area (Å²) < 4.78 is 15.7. The minimum absolute atomic E-state index is 0.0953. The van der Waals surface area contributed by atoms with Gasteiger partial charge in [0.1, 0.15) is 0 Å². The molecule has 0 aliphatic heterocycles. The molecule has 0 bridgehead atoms. The summed E-state index contributed by atoms with van der Waals surface area (Å²) in [4.78, 5) is 13.9. The third kappa shape index (κ3) is 3.39. The highest BCUT2D eigenvalue weighted by Crippen LogP contribution is 2.18. The zero-order chi connectivity index (χ0) is 16.2. The van der Waals surface area contributed by atoms with E-state index in [2.05, 4.69) is 10.2 Å². The summed E-state index contributed by atoms with van der Waals surface area (Å²) in [5.41, 5.74) is 1.46. The van der Waals surface area contributed by atoms with Crippen molar-refractivity contribution in [3.63, 3.8) is 0 Å². The van der Waals surface area contributed by atoms with Gasteiger partial charge in [-0.05, 0) is 36.4 Å². The molecule has 0 N–H and O–H groups in total. The highest BCUT2D eigenvalue weighted by Gasteiger charge is 2.13. The van der Waals surface area contributed by atoms with Gasteiger partial charge in [-0.3, -0.25) is 0 Å². The fraction of sp³-hybridized carbons (Fsp3) is 0.188. The molecule has 0 unspecified atom stereocenters. The predicted molar refractivity (Wildman–Crippen MR) is 81.9 cm³/mol. The molecular formula is C16H15N3O4. The van der Waals surface area contributed by atoms with Crippen molar-refractivity contribution in [2.45, 2.75) is 6.61 Å². The minimum Gasteiger partial charge on any atom is -0.459 e. The molecule has 0 atom stereocenters. The van der Waals surface area contributed by atoms with E-state index in [1.54, 1.807) is 24.3 Å². The lowest BCUT2D eigenvalue weighted by molar-refractivity contribution is 0.0438. The van der Waals surface area contributed by atoms with Gasteiger partial charge < -0.3 is 18.5 Å². The first-order chi connectivity index (χ1) is 11.1. The van der Waals surface area contributed by atoms with Crippen molar-refractivity contribution < 1.29 is 18.4 Å². The summed E-state index contributed by atoms with van der Waals surface area (Å²) in [6.07, 6.45) is 1.51. The van der Waals surface area contributed by atoms with Gasteiger partial charge in [0.25, 0.3) is 11.8 Å². The number of carbonyl (C=O) groups excluding carboxylic acids is 1. The first-order valence-corrected chi connectivity index (χ1v) is 6.94. The number of hydrogen-bond donors (Lipinski definition) is 0. The highest BCUT2D eigenvalue weighted by molar-refractivity contribution is 5.89. The Morgan fingerprint density at radius 3 is 2.61 bits per heavy atom. The van der Waals surface area contributed by atoms with Gasteiger partial charge in [0.15, 0.2) is 12.4 Å². The van der Waals surface area contributed by atoms with Crippen molar-refractivity contribution in [3.05, 3.63) is 54.1 Å². The molecule has 0 spiro atoms. The minimum atomic E-state index is -0.451. The van der Waals surface area contributed by atoms with Crippen LogP contribution in [0.15, 0.2) is 51.5 Å². The Hall–Kier alpha value is -3.09. The molecule has 0 saturated heterocycles. The van der Waals surface area contributed by atoms with Crippen LogP contribution in [0.4, 0.5) is 5.69 Å². The molecule has 0 aliphatic rings. The summed E-state index contributed by atoms with van der Waals surface area (Å²) in [7, 11) is 3.86. The number of anilines is 1. The van der Waals surface area contributed by atoms with E-state index < -0.39 is 5.97 Å². The molecule has 0 amide bonds. The molecular weight excluding hydrogens is 298 g/mol. The van der Waals surface area contributed by atoms with Gasteiger partial charge in [-0.25, -0.2) is 4.79 Å². The highest BCUT2D eigenvalue weighted by atomic mass is 16.5. The number of carbonyl (C=O) groups is 1. The number of rotatable bonds is 5. The molecule has 1 aromatic carbocycles. The first kappa shape index (κ1) is 14.8. The normalized spacial score (nSPS) is 10.5. The predicted octanol–water partition coefficient (Wildman–Crippen LogP) is 2.75. The molecule has 0 aliphatic carbocycles. The zero-order valence-electron chi connectivity index (χ0n) is 12.7. The molecule has 7 nitrogen and oxygen atoms in total. The van der Waals surface area contributed by atoms with Crippen LogP contribution >= 0.6 is 0 Å². The fourth-order valence-electron chi connectivity index (χ4n) is 1.92. The van der Waals surface area contributed by atoms with Gasteiger partial charge in [0.05, 0.1) is 11.8 Å². The van der Waals surface area contributed by atoms with E-state index >= 15 is 0 Å². The smallest absolute Gasteiger partial charge is 0.338 e. The average molecular weight is 313 g/mol. The number of nitrogens with zero attached hydrogens (tertiary/aromatic N) is 3. The lowest BCUT2D eigenvalue weighted by Crippen LogP contribution is -2.09. The Kier molecular flexibility index (Phi) is 4.09. The maximum absolute atomic E-state index is 12.0. The van der Waals surface area contributed by atoms with Gasteiger partial charge in [0.2, 0.25) is 0 Å². The molecule has 0 fully saturated rings. The Bertz CT molecular complexity index is 776. The van der Waals surface area contributed by atoms with Crippen molar-refractivity contribution in [1.82, 2.24) is 10.2 Å². The van der Waals surface area contributed by atoms with Crippen LogP contribution in [0.3, 0.4) is 0 Å². The Balaban J connectivity index is 1.60. The van der Waals surface area contributed by atoms with Crippen molar-refractivity contribution >= 4 is 11.7 Å². The second kappa shape index (κ2) is 6.35. The summed E-state index contributed by atoms with van der Waals surface area (Å²) in [6.45, 7) is -0.0953. The van der Waals surface area contributed by atoms with Gasteiger partial charge in [-0.2, -0.15) is 0 Å². The van der Waals surface area contributed by atoms with E-state index in [-0.39, 0.29) is 18.4 Å². The van der Waals surface area contributed by atoms with Crippen LogP contribution in [0.1, 0.15) is 16.2 Å². The Labute approximate surface area is 132 Å². The molecule has 118 valence electrons. The van der Waals surface area contributed by atoms with Crippen LogP contribution in [0.5, 0.6) is 0 Å². The number of hydrogen-bond acceptors (Lipinski definition) is 7. The van der Waals surface area contributed by atoms with Crippen molar-refractivity contribution in [2.75, 3.05) is 19.0 Å². The largest absolute Gasteiger partial charge is 0.459 e. The molecule has 2 heterocycles. The maximum Gasteiger partial charge on any atom is 0.338 e. The van der Waals surface area contributed by atoms with Crippen LogP contribution in [0.2, 0.25) is 0 Å². The summed E-state index contributed by atoms with van der Waals surface area (Å²) in [6, 6.07) is 10.5. The van der Waals surface area contributed by atoms with E-state index in [0.717, 1.165) is 5.69 Å². The Morgan fingerprint density at radius 1 is 1.17 bits per heavy atom. The van der Waals surface area contributed by atoms with Crippen molar-refractivity contribution in [3.8, 4) is 11.7 Å². The van der Waals surface area contributed by atoms with Crippen LogP contribution in [0, 0.1) is 0 Å². The Morgan fingerprint density at radius 2 is 1.96 bits per heavy atom. The molecule has 0 saturated carbocycles.